The van der Waals surface area contributed by atoms with E-state index in [2.05, 4.69) is 38.8 Å². The molecule has 2 aliphatic heterocycles. The van der Waals surface area contributed by atoms with E-state index < -0.39 is 0 Å². The Morgan fingerprint density at radius 1 is 1.19 bits per heavy atom. The number of morpholine rings is 2. The van der Waals surface area contributed by atoms with Crippen molar-refractivity contribution in [2.75, 3.05) is 44.3 Å². The molecule has 3 heterocycles. The third-order valence-electron chi connectivity index (χ3n) is 3.47. The van der Waals surface area contributed by atoms with Gasteiger partial charge in [0.25, 0.3) is 0 Å². The van der Waals surface area contributed by atoms with Gasteiger partial charge in [0.15, 0.2) is 0 Å². The summed E-state index contributed by atoms with van der Waals surface area (Å²) in [7, 11) is 0. The van der Waals surface area contributed by atoms with Crippen molar-refractivity contribution in [1.29, 1.82) is 0 Å². The first-order valence-electron chi connectivity index (χ1n) is 7.30. The minimum atomic E-state index is 0.220. The zero-order valence-corrected chi connectivity index (χ0v) is 13.3. The Morgan fingerprint density at radius 2 is 1.90 bits per heavy atom. The highest BCUT2D eigenvalue weighted by molar-refractivity contribution is 7.18. The maximum atomic E-state index is 5.74. The van der Waals surface area contributed by atoms with Gasteiger partial charge in [-0.05, 0) is 13.8 Å². The van der Waals surface area contributed by atoms with E-state index >= 15 is 0 Å². The molecule has 8 heteroatoms. The Balaban J connectivity index is 1.61. The van der Waals surface area contributed by atoms with Crippen LogP contribution in [0.4, 0.5) is 10.3 Å². The summed E-state index contributed by atoms with van der Waals surface area (Å²) < 4.78 is 11.0. The van der Waals surface area contributed by atoms with Gasteiger partial charge in [0, 0.05) is 26.2 Å². The standard InChI is InChI=1S/C13H21N5O2S/c1-10-7-18(8-11(2)20-10)13-16-15-12(21-13)14-9-17-3-5-19-6-4-17/h9-11H,3-8H2,1-2H3/t10-,11-/m0/s1. The van der Waals surface area contributed by atoms with Gasteiger partial charge in [-0.3, -0.25) is 0 Å². The zero-order valence-electron chi connectivity index (χ0n) is 12.4. The van der Waals surface area contributed by atoms with Crippen molar-refractivity contribution in [2.24, 2.45) is 4.99 Å². The number of aliphatic imine (C=N–C) groups is 1. The lowest BCUT2D eigenvalue weighted by Gasteiger charge is -2.34. The smallest absolute Gasteiger partial charge is 0.234 e. The molecule has 0 amide bonds. The number of anilines is 1. The molecular weight excluding hydrogens is 290 g/mol. The lowest BCUT2D eigenvalue weighted by Crippen LogP contribution is -2.45. The van der Waals surface area contributed by atoms with E-state index in [0.717, 1.165) is 44.5 Å². The summed E-state index contributed by atoms with van der Waals surface area (Å²) in [5, 5.41) is 10.0. The lowest BCUT2D eigenvalue weighted by atomic mass is 10.2. The van der Waals surface area contributed by atoms with Gasteiger partial charge < -0.3 is 19.3 Å². The van der Waals surface area contributed by atoms with Gasteiger partial charge in [-0.1, -0.05) is 11.3 Å². The predicted molar refractivity (Wildman–Crippen MR) is 82.7 cm³/mol. The molecule has 2 atom stereocenters. The predicted octanol–water partition coefficient (Wildman–Crippen LogP) is 1.14. The third kappa shape index (κ3) is 3.90. The van der Waals surface area contributed by atoms with Crippen LogP contribution in [0.3, 0.4) is 0 Å². The van der Waals surface area contributed by atoms with E-state index in [9.17, 15) is 0 Å². The van der Waals surface area contributed by atoms with Crippen LogP contribution >= 0.6 is 11.3 Å². The molecule has 116 valence electrons. The van der Waals surface area contributed by atoms with Crippen molar-refractivity contribution in [3.05, 3.63) is 0 Å². The zero-order chi connectivity index (χ0) is 14.7. The molecule has 2 saturated heterocycles. The number of nitrogens with zero attached hydrogens (tertiary/aromatic N) is 5. The highest BCUT2D eigenvalue weighted by Crippen LogP contribution is 2.28. The van der Waals surface area contributed by atoms with Crippen molar-refractivity contribution < 1.29 is 9.47 Å². The average Bonchev–Trinajstić information content (AvgIpc) is 2.94. The van der Waals surface area contributed by atoms with Gasteiger partial charge in [0.1, 0.15) is 0 Å². The van der Waals surface area contributed by atoms with Crippen molar-refractivity contribution in [2.45, 2.75) is 26.1 Å². The first-order valence-corrected chi connectivity index (χ1v) is 8.12. The first-order chi connectivity index (χ1) is 10.2. The highest BCUT2D eigenvalue weighted by Gasteiger charge is 2.24. The van der Waals surface area contributed by atoms with Gasteiger partial charge in [0.05, 0.1) is 31.8 Å². The Labute approximate surface area is 128 Å². The lowest BCUT2D eigenvalue weighted by molar-refractivity contribution is -0.00525. The van der Waals surface area contributed by atoms with Crippen LogP contribution in [0, 0.1) is 0 Å². The number of rotatable bonds is 3. The van der Waals surface area contributed by atoms with Crippen LogP contribution in [0.2, 0.25) is 0 Å². The topological polar surface area (TPSA) is 63.1 Å². The highest BCUT2D eigenvalue weighted by atomic mass is 32.1. The minimum absolute atomic E-state index is 0.220. The van der Waals surface area contributed by atoms with Crippen LogP contribution in [0.1, 0.15) is 13.8 Å². The van der Waals surface area contributed by atoms with E-state index in [0.29, 0.717) is 5.13 Å². The fourth-order valence-corrected chi connectivity index (χ4v) is 3.25. The van der Waals surface area contributed by atoms with Crippen LogP contribution in [0.25, 0.3) is 0 Å². The van der Waals surface area contributed by atoms with Gasteiger partial charge in [-0.25, -0.2) is 4.99 Å². The molecule has 2 aliphatic rings. The van der Waals surface area contributed by atoms with E-state index in [4.69, 9.17) is 9.47 Å². The molecule has 1 aromatic rings. The van der Waals surface area contributed by atoms with E-state index in [1.165, 1.54) is 11.3 Å². The third-order valence-corrected chi connectivity index (χ3v) is 4.36. The van der Waals surface area contributed by atoms with Gasteiger partial charge in [-0.15, -0.1) is 10.2 Å². The molecule has 0 bridgehead atoms. The van der Waals surface area contributed by atoms with Gasteiger partial charge in [-0.2, -0.15) is 0 Å². The van der Waals surface area contributed by atoms with Gasteiger partial charge in [0.2, 0.25) is 10.3 Å². The first kappa shape index (κ1) is 14.7. The summed E-state index contributed by atoms with van der Waals surface area (Å²) >= 11 is 1.52. The second-order valence-electron chi connectivity index (χ2n) is 5.42. The van der Waals surface area contributed by atoms with E-state index in [1.807, 2.05) is 6.34 Å². The molecule has 0 N–H and O–H groups in total. The number of hydrogen-bond acceptors (Lipinski definition) is 7. The number of aromatic nitrogens is 2. The van der Waals surface area contributed by atoms with Crippen molar-refractivity contribution in [3.63, 3.8) is 0 Å². The van der Waals surface area contributed by atoms with Crippen LogP contribution in [0.5, 0.6) is 0 Å². The Morgan fingerprint density at radius 3 is 2.62 bits per heavy atom. The summed E-state index contributed by atoms with van der Waals surface area (Å²) in [6.45, 7) is 9.16. The maximum absolute atomic E-state index is 5.74. The van der Waals surface area contributed by atoms with Gasteiger partial charge >= 0.3 is 0 Å². The molecule has 0 saturated carbocycles. The molecule has 21 heavy (non-hydrogen) atoms. The van der Waals surface area contributed by atoms with Crippen LogP contribution in [-0.2, 0) is 9.47 Å². The number of ether oxygens (including phenoxy) is 2. The second kappa shape index (κ2) is 6.67. The molecule has 3 rings (SSSR count). The molecule has 0 aromatic carbocycles. The summed E-state index contributed by atoms with van der Waals surface area (Å²) in [4.78, 5) is 8.78. The van der Waals surface area contributed by atoms with Crippen LogP contribution < -0.4 is 4.90 Å². The summed E-state index contributed by atoms with van der Waals surface area (Å²) in [5.41, 5.74) is 0. The fraction of sp³-hybridized carbons (Fsp3) is 0.769. The van der Waals surface area contributed by atoms with Crippen molar-refractivity contribution in [3.8, 4) is 0 Å². The van der Waals surface area contributed by atoms with Crippen molar-refractivity contribution >= 4 is 27.9 Å². The largest absolute Gasteiger partial charge is 0.378 e. The number of hydrogen-bond donors (Lipinski definition) is 0. The second-order valence-corrected chi connectivity index (χ2v) is 6.36. The summed E-state index contributed by atoms with van der Waals surface area (Å²) in [6.07, 6.45) is 2.29. The molecular formula is C13H21N5O2S. The quantitative estimate of drug-likeness (QED) is 0.616. The van der Waals surface area contributed by atoms with E-state index in [1.54, 1.807) is 0 Å². The summed E-state index contributed by atoms with van der Waals surface area (Å²) in [5.74, 6) is 0. The van der Waals surface area contributed by atoms with Crippen LogP contribution in [-0.4, -0.2) is 73.0 Å². The fourth-order valence-electron chi connectivity index (χ4n) is 2.55. The normalized spacial score (nSPS) is 27.5. The molecule has 2 fully saturated rings. The SMILES string of the molecule is C[C@H]1CN(c2nnc(N=CN3CCOCC3)s2)C[C@H](C)O1. The average molecular weight is 311 g/mol. The molecule has 0 aliphatic carbocycles. The van der Waals surface area contributed by atoms with Crippen LogP contribution in [0.15, 0.2) is 4.99 Å². The minimum Gasteiger partial charge on any atom is -0.378 e. The summed E-state index contributed by atoms with van der Waals surface area (Å²) in [6, 6.07) is 0. The Kier molecular flexibility index (Phi) is 4.67. The molecule has 0 radical (unpaired) electrons. The monoisotopic (exact) mass is 311 g/mol. The molecule has 0 unspecified atom stereocenters. The molecule has 1 aromatic heterocycles. The molecule has 0 spiro atoms. The van der Waals surface area contributed by atoms with Crippen molar-refractivity contribution in [1.82, 2.24) is 15.1 Å². The maximum Gasteiger partial charge on any atom is 0.234 e. The molecule has 7 nitrogen and oxygen atoms in total. The Hall–Kier alpha value is -1.25. The van der Waals surface area contributed by atoms with E-state index in [-0.39, 0.29) is 12.2 Å². The Bertz CT molecular complexity index is 479.